The minimum atomic E-state index is -0.532. The molecule has 0 unspecified atom stereocenters. The molecule has 0 saturated heterocycles. The molecule has 0 radical (unpaired) electrons. The lowest BCUT2D eigenvalue weighted by Gasteiger charge is -2.10. The lowest BCUT2D eigenvalue weighted by molar-refractivity contribution is -0.384. The molecule has 0 spiro atoms. The molecule has 3 aromatic rings. The van der Waals surface area contributed by atoms with Crippen LogP contribution in [0.2, 0.25) is 0 Å². The van der Waals surface area contributed by atoms with Crippen molar-refractivity contribution in [3.8, 4) is 5.75 Å². The molecule has 3 rings (SSSR count). The Labute approximate surface area is 154 Å². The van der Waals surface area contributed by atoms with Crippen LogP contribution in [0.4, 0.5) is 11.4 Å². The molecule has 2 N–H and O–H groups in total. The molecule has 0 atom stereocenters. The summed E-state index contributed by atoms with van der Waals surface area (Å²) in [7, 11) is 1.38. The minimum Gasteiger partial charge on any atom is -0.494 e. The molecule has 9 nitrogen and oxygen atoms in total. The topological polar surface area (TPSA) is 115 Å². The molecule has 0 saturated carbocycles. The molecule has 0 aliphatic rings. The van der Waals surface area contributed by atoms with Crippen molar-refractivity contribution in [1.82, 2.24) is 9.13 Å². The lowest BCUT2D eigenvalue weighted by Crippen LogP contribution is -2.29. The van der Waals surface area contributed by atoms with E-state index in [1.54, 1.807) is 4.57 Å². The van der Waals surface area contributed by atoms with Crippen molar-refractivity contribution in [3.05, 3.63) is 58.2 Å². The number of para-hydroxylation sites is 2. The highest BCUT2D eigenvalue weighted by atomic mass is 16.6. The second-order valence-corrected chi connectivity index (χ2v) is 5.83. The van der Waals surface area contributed by atoms with Crippen LogP contribution in [0.3, 0.4) is 0 Å². The second-order valence-electron chi connectivity index (χ2n) is 5.83. The Balaban J connectivity index is 1.89. The Morgan fingerprint density at radius 1 is 1.22 bits per heavy atom. The molecule has 2 aromatic carbocycles. The number of fused-ring (bicyclic) bond motifs is 1. The van der Waals surface area contributed by atoms with Crippen LogP contribution < -0.4 is 15.7 Å². The van der Waals surface area contributed by atoms with E-state index in [1.165, 1.54) is 25.3 Å². The van der Waals surface area contributed by atoms with Gasteiger partial charge in [-0.05, 0) is 25.1 Å². The van der Waals surface area contributed by atoms with Gasteiger partial charge < -0.3 is 19.2 Å². The van der Waals surface area contributed by atoms with E-state index >= 15 is 0 Å². The summed E-state index contributed by atoms with van der Waals surface area (Å²) in [5, 5.41) is 21.9. The van der Waals surface area contributed by atoms with Crippen LogP contribution in [0.1, 0.15) is 6.92 Å². The van der Waals surface area contributed by atoms with Gasteiger partial charge in [0.05, 0.1) is 34.8 Å². The van der Waals surface area contributed by atoms with Gasteiger partial charge in [-0.25, -0.2) is 0 Å². The van der Waals surface area contributed by atoms with Crippen LogP contribution in [-0.2, 0) is 17.9 Å². The summed E-state index contributed by atoms with van der Waals surface area (Å²) >= 11 is 0. The van der Waals surface area contributed by atoms with Gasteiger partial charge in [0.1, 0.15) is 12.3 Å². The SMILES string of the molecule is CCn1c(=N)n(CC(=O)Nc2ccc([N+](=O)[O-])cc2OC)c2ccccc21. The van der Waals surface area contributed by atoms with E-state index in [0.29, 0.717) is 12.2 Å². The number of nitro benzene ring substituents is 1. The number of aryl methyl sites for hydroxylation is 1. The number of hydrogen-bond donors (Lipinski definition) is 2. The first-order valence-electron chi connectivity index (χ1n) is 8.31. The summed E-state index contributed by atoms with van der Waals surface area (Å²) in [5.41, 5.74) is 2.10. The van der Waals surface area contributed by atoms with Crippen molar-refractivity contribution in [2.24, 2.45) is 0 Å². The zero-order valence-electron chi connectivity index (χ0n) is 14.9. The maximum atomic E-state index is 12.5. The first-order valence-corrected chi connectivity index (χ1v) is 8.31. The van der Waals surface area contributed by atoms with Crippen LogP contribution in [0.25, 0.3) is 11.0 Å². The van der Waals surface area contributed by atoms with Crippen molar-refractivity contribution >= 4 is 28.3 Å². The third kappa shape index (κ3) is 3.39. The highest BCUT2D eigenvalue weighted by Gasteiger charge is 2.16. The number of aromatic nitrogens is 2. The fourth-order valence-electron chi connectivity index (χ4n) is 3.00. The van der Waals surface area contributed by atoms with E-state index in [0.717, 1.165) is 11.0 Å². The van der Waals surface area contributed by atoms with Crippen LogP contribution in [-0.4, -0.2) is 27.1 Å². The number of anilines is 1. The van der Waals surface area contributed by atoms with Gasteiger partial charge in [-0.15, -0.1) is 0 Å². The highest BCUT2D eigenvalue weighted by Crippen LogP contribution is 2.29. The van der Waals surface area contributed by atoms with Crippen LogP contribution >= 0.6 is 0 Å². The van der Waals surface area contributed by atoms with E-state index in [9.17, 15) is 14.9 Å². The van der Waals surface area contributed by atoms with Gasteiger partial charge in [0, 0.05) is 12.6 Å². The Hall–Kier alpha value is -3.62. The molecule has 1 aromatic heterocycles. The third-order valence-electron chi connectivity index (χ3n) is 4.26. The van der Waals surface area contributed by atoms with Gasteiger partial charge in [-0.1, -0.05) is 12.1 Å². The number of ether oxygens (including phenoxy) is 1. The van der Waals surface area contributed by atoms with Gasteiger partial charge >= 0.3 is 0 Å². The van der Waals surface area contributed by atoms with Crippen molar-refractivity contribution in [2.75, 3.05) is 12.4 Å². The minimum absolute atomic E-state index is 0.0630. The smallest absolute Gasteiger partial charge is 0.273 e. The predicted molar refractivity (Wildman–Crippen MR) is 99.7 cm³/mol. The number of carbonyl (C=O) groups is 1. The van der Waals surface area contributed by atoms with E-state index in [2.05, 4.69) is 5.32 Å². The summed E-state index contributed by atoms with van der Waals surface area (Å²) in [6.45, 7) is 2.49. The standard InChI is InChI=1S/C18H19N5O4/c1-3-21-14-6-4-5-7-15(14)22(18(21)19)11-17(24)20-13-9-8-12(23(25)26)10-16(13)27-2/h4-10,19H,3,11H2,1-2H3,(H,20,24). The number of methoxy groups -OCH3 is 1. The normalized spacial score (nSPS) is 10.7. The zero-order valence-corrected chi connectivity index (χ0v) is 14.9. The first-order chi connectivity index (χ1) is 13.0. The van der Waals surface area contributed by atoms with Crippen molar-refractivity contribution in [2.45, 2.75) is 20.0 Å². The summed E-state index contributed by atoms with van der Waals surface area (Å²) in [6.07, 6.45) is 0. The van der Waals surface area contributed by atoms with E-state index in [4.69, 9.17) is 10.1 Å². The second kappa shape index (κ2) is 7.32. The zero-order chi connectivity index (χ0) is 19.6. The van der Waals surface area contributed by atoms with Crippen LogP contribution in [0, 0.1) is 15.5 Å². The lowest BCUT2D eigenvalue weighted by atomic mass is 10.2. The van der Waals surface area contributed by atoms with Crippen molar-refractivity contribution < 1.29 is 14.5 Å². The molecular weight excluding hydrogens is 350 g/mol. The Morgan fingerprint density at radius 2 is 1.89 bits per heavy atom. The highest BCUT2D eigenvalue weighted by molar-refractivity contribution is 5.93. The number of rotatable bonds is 6. The summed E-state index contributed by atoms with van der Waals surface area (Å²) in [6, 6.07) is 11.5. The molecule has 9 heteroatoms. The average molecular weight is 369 g/mol. The van der Waals surface area contributed by atoms with E-state index < -0.39 is 4.92 Å². The van der Waals surface area contributed by atoms with E-state index in [-0.39, 0.29) is 29.5 Å². The molecule has 27 heavy (non-hydrogen) atoms. The maximum Gasteiger partial charge on any atom is 0.273 e. The monoisotopic (exact) mass is 369 g/mol. The van der Waals surface area contributed by atoms with Crippen LogP contribution in [0.5, 0.6) is 5.75 Å². The van der Waals surface area contributed by atoms with Gasteiger partial charge in [-0.2, -0.15) is 0 Å². The maximum absolute atomic E-state index is 12.5. The molecule has 0 bridgehead atoms. The van der Waals surface area contributed by atoms with Gasteiger partial charge in [0.2, 0.25) is 11.5 Å². The van der Waals surface area contributed by atoms with Gasteiger partial charge in [0.25, 0.3) is 5.69 Å². The molecule has 0 aliphatic heterocycles. The summed E-state index contributed by atoms with van der Waals surface area (Å²) in [5.74, 6) is -0.163. The number of carbonyl (C=O) groups excluding carboxylic acids is 1. The van der Waals surface area contributed by atoms with Crippen molar-refractivity contribution in [3.63, 3.8) is 0 Å². The predicted octanol–water partition coefficient (Wildman–Crippen LogP) is 2.50. The summed E-state index contributed by atoms with van der Waals surface area (Å²) < 4.78 is 8.57. The molecule has 0 aliphatic carbocycles. The van der Waals surface area contributed by atoms with E-state index in [1.807, 2.05) is 35.8 Å². The molecule has 0 fully saturated rings. The molecule has 1 amide bonds. The van der Waals surface area contributed by atoms with Gasteiger partial charge in [-0.3, -0.25) is 20.3 Å². The number of nitrogens with one attached hydrogen (secondary N) is 2. The number of imidazole rings is 1. The Bertz CT molecular complexity index is 1080. The average Bonchev–Trinajstić information content (AvgIpc) is 2.93. The number of benzene rings is 2. The quantitative estimate of drug-likeness (QED) is 0.513. The fourth-order valence-corrected chi connectivity index (χ4v) is 3.00. The molecular formula is C18H19N5O4. The van der Waals surface area contributed by atoms with Crippen molar-refractivity contribution in [1.29, 1.82) is 5.41 Å². The first kappa shape index (κ1) is 18.2. The number of non-ortho nitro benzene ring substituents is 1. The third-order valence-corrected chi connectivity index (χ3v) is 4.26. The Kier molecular flexibility index (Phi) is 4.93. The van der Waals surface area contributed by atoms with Gasteiger partial charge in [0.15, 0.2) is 0 Å². The number of nitrogens with zero attached hydrogens (tertiary/aromatic N) is 3. The summed E-state index contributed by atoms with van der Waals surface area (Å²) in [4.78, 5) is 22.9. The van der Waals surface area contributed by atoms with Crippen LogP contribution in [0.15, 0.2) is 42.5 Å². The molecule has 1 heterocycles. The molecule has 140 valence electrons. The largest absolute Gasteiger partial charge is 0.494 e. The fraction of sp³-hybridized carbons (Fsp3) is 0.222. The number of nitro groups is 1. The number of amides is 1. The number of hydrogen-bond acceptors (Lipinski definition) is 5. The Morgan fingerprint density at radius 3 is 2.48 bits per heavy atom.